The molecule has 1 radical (unpaired) electrons. The molecule has 5 nitrogen and oxygen atoms in total. The quantitative estimate of drug-likeness (QED) is 0.360. The summed E-state index contributed by atoms with van der Waals surface area (Å²) in [7, 11) is 3.48. The van der Waals surface area contributed by atoms with Gasteiger partial charge in [-0.05, 0) is 12.1 Å². The average Bonchev–Trinajstić information content (AvgIpc) is 2.24. The van der Waals surface area contributed by atoms with Gasteiger partial charge < -0.3 is 48.1 Å². The second-order valence-electron chi connectivity index (χ2n) is 2.45. The van der Waals surface area contributed by atoms with Crippen LogP contribution >= 0.6 is 0 Å². The molecular weight excluding hydrogens is 429 g/mol. The van der Waals surface area contributed by atoms with Gasteiger partial charge in [-0.25, -0.2) is 4.98 Å². The Labute approximate surface area is 158 Å². The van der Waals surface area contributed by atoms with Gasteiger partial charge >= 0.3 is 40.8 Å². The van der Waals surface area contributed by atoms with E-state index in [0.717, 1.165) is 11.4 Å². The zero-order valence-electron chi connectivity index (χ0n) is 9.86. The van der Waals surface area contributed by atoms with Crippen molar-refractivity contribution >= 4 is 12.4 Å². The van der Waals surface area contributed by atoms with Crippen molar-refractivity contribution in [1.82, 2.24) is 15.8 Å². The molecule has 0 saturated carbocycles. The monoisotopic (exact) mass is 438 g/mol. The van der Waals surface area contributed by atoms with Gasteiger partial charge in [-0.2, -0.15) is 10.2 Å². The summed E-state index contributed by atoms with van der Waals surface area (Å²) in [5.41, 5.74) is 6.91. The van der Waals surface area contributed by atoms with E-state index >= 15 is 0 Å². The van der Waals surface area contributed by atoms with Crippen molar-refractivity contribution in [3.8, 4) is 0 Å². The predicted octanol–water partition coefficient (Wildman–Crippen LogP) is -8.80. The fourth-order valence-electron chi connectivity index (χ4n) is 0.874. The standard InChI is InChI=1S/C9H13N5.3ClH.Nd/c1-10-12-6-8-4-3-5-9(14-8)7-13-11-2;;;;/h3-7,10-11H,1-2H3;3*1H;/q;;;;+3/p-3. The molecule has 0 aliphatic carbocycles. The number of hydrogen-bond acceptors (Lipinski definition) is 5. The molecule has 0 fully saturated rings. The van der Waals surface area contributed by atoms with Gasteiger partial charge in [0.25, 0.3) is 0 Å². The summed E-state index contributed by atoms with van der Waals surface area (Å²) in [6.07, 6.45) is 3.30. The maximum absolute atomic E-state index is 4.27. The molecule has 0 spiro atoms. The Hall–Kier alpha value is 0.311. The molecule has 0 bridgehead atoms. The molecule has 9 heteroatoms. The molecule has 0 atom stereocenters. The molecular formula is C9H13Cl3N5Nd. The fourth-order valence-corrected chi connectivity index (χ4v) is 0.874. The van der Waals surface area contributed by atoms with E-state index in [1.807, 2.05) is 18.2 Å². The third kappa shape index (κ3) is 11.4. The van der Waals surface area contributed by atoms with Gasteiger partial charge in [-0.1, -0.05) is 6.07 Å². The minimum absolute atomic E-state index is 0. The number of nitrogens with one attached hydrogen (secondary N) is 2. The van der Waals surface area contributed by atoms with Crippen molar-refractivity contribution in [2.24, 2.45) is 10.2 Å². The Morgan fingerprint density at radius 1 is 0.944 bits per heavy atom. The van der Waals surface area contributed by atoms with Crippen molar-refractivity contribution < 1.29 is 78.1 Å². The zero-order chi connectivity index (χ0) is 10.2. The molecule has 0 aliphatic heterocycles. The van der Waals surface area contributed by atoms with Crippen molar-refractivity contribution in [1.29, 1.82) is 0 Å². The molecule has 1 aromatic heterocycles. The summed E-state index contributed by atoms with van der Waals surface area (Å²) >= 11 is 0. The number of hydrazone groups is 2. The number of halogens is 3. The van der Waals surface area contributed by atoms with Crippen molar-refractivity contribution in [2.75, 3.05) is 14.1 Å². The van der Waals surface area contributed by atoms with Crippen LogP contribution in [0.3, 0.4) is 0 Å². The molecule has 18 heavy (non-hydrogen) atoms. The Morgan fingerprint density at radius 3 is 1.67 bits per heavy atom. The number of aromatic nitrogens is 1. The molecule has 99 valence electrons. The van der Waals surface area contributed by atoms with E-state index in [1.54, 1.807) is 26.5 Å². The van der Waals surface area contributed by atoms with Gasteiger partial charge in [0.15, 0.2) is 0 Å². The first-order chi connectivity index (χ1) is 6.86. The minimum Gasteiger partial charge on any atom is -1.00 e. The molecule has 1 rings (SSSR count). The predicted molar refractivity (Wildman–Crippen MR) is 57.5 cm³/mol. The maximum atomic E-state index is 4.27. The zero-order valence-corrected chi connectivity index (χ0v) is 15.3. The van der Waals surface area contributed by atoms with Crippen LogP contribution in [0.2, 0.25) is 0 Å². The van der Waals surface area contributed by atoms with Crippen molar-refractivity contribution in [3.05, 3.63) is 29.6 Å². The summed E-state index contributed by atoms with van der Waals surface area (Å²) in [4.78, 5) is 4.27. The molecule has 2 N–H and O–H groups in total. The summed E-state index contributed by atoms with van der Waals surface area (Å²) < 4.78 is 0. The normalized spacial score (nSPS) is 8.56. The van der Waals surface area contributed by atoms with E-state index < -0.39 is 0 Å². The molecule has 1 heterocycles. The molecule has 0 saturated heterocycles. The van der Waals surface area contributed by atoms with Crippen LogP contribution in [0.4, 0.5) is 0 Å². The third-order valence-corrected chi connectivity index (χ3v) is 1.44. The Balaban J connectivity index is -0.000000245. The topological polar surface area (TPSA) is 61.7 Å². The van der Waals surface area contributed by atoms with Crippen LogP contribution in [-0.4, -0.2) is 31.5 Å². The average molecular weight is 442 g/mol. The van der Waals surface area contributed by atoms with Crippen LogP contribution in [0.15, 0.2) is 28.4 Å². The second-order valence-corrected chi connectivity index (χ2v) is 2.45. The first-order valence-corrected chi connectivity index (χ1v) is 4.23. The summed E-state index contributed by atoms with van der Waals surface area (Å²) in [5, 5.41) is 7.73. The van der Waals surface area contributed by atoms with Gasteiger partial charge in [0.2, 0.25) is 0 Å². The van der Waals surface area contributed by atoms with Gasteiger partial charge in [0, 0.05) is 14.1 Å². The number of pyridine rings is 1. The first-order valence-electron chi connectivity index (χ1n) is 4.23. The van der Waals surface area contributed by atoms with Crippen molar-refractivity contribution in [3.63, 3.8) is 0 Å². The summed E-state index contributed by atoms with van der Waals surface area (Å²) in [6.45, 7) is 0. The van der Waals surface area contributed by atoms with Crippen LogP contribution in [0.25, 0.3) is 0 Å². The van der Waals surface area contributed by atoms with Gasteiger partial charge in [-0.15, -0.1) is 0 Å². The SMILES string of the molecule is CNN=Cc1cccc(C=NNC)n1.[Cl-].[Cl-].[Cl-].[Nd+3]. The van der Waals surface area contributed by atoms with E-state index in [-0.39, 0.29) is 78.1 Å². The van der Waals surface area contributed by atoms with Gasteiger partial charge in [0.1, 0.15) is 0 Å². The largest absolute Gasteiger partial charge is 3.00 e. The van der Waals surface area contributed by atoms with E-state index in [4.69, 9.17) is 0 Å². The molecule has 1 aromatic rings. The minimum atomic E-state index is 0. The fraction of sp³-hybridized carbons (Fsp3) is 0.222. The smallest absolute Gasteiger partial charge is 1.00 e. The number of hydrogen-bond donors (Lipinski definition) is 2. The van der Waals surface area contributed by atoms with Crippen LogP contribution in [0.5, 0.6) is 0 Å². The molecule has 0 aliphatic rings. The van der Waals surface area contributed by atoms with E-state index in [1.165, 1.54) is 0 Å². The number of rotatable bonds is 4. The van der Waals surface area contributed by atoms with E-state index in [9.17, 15) is 0 Å². The maximum Gasteiger partial charge on any atom is 3.00 e. The Kier molecular flexibility index (Phi) is 25.8. The molecule has 0 unspecified atom stereocenters. The summed E-state index contributed by atoms with van der Waals surface area (Å²) in [6, 6.07) is 5.65. The summed E-state index contributed by atoms with van der Waals surface area (Å²) in [5.74, 6) is 0. The van der Waals surface area contributed by atoms with Gasteiger partial charge in [0.05, 0.1) is 23.8 Å². The van der Waals surface area contributed by atoms with Gasteiger partial charge in [-0.3, -0.25) is 0 Å². The Bertz CT molecular complexity index is 319. The third-order valence-electron chi connectivity index (χ3n) is 1.44. The first kappa shape index (κ1) is 26.8. The van der Waals surface area contributed by atoms with Crippen LogP contribution in [-0.2, 0) is 0 Å². The van der Waals surface area contributed by atoms with E-state index in [2.05, 4.69) is 26.0 Å². The van der Waals surface area contributed by atoms with E-state index in [0.29, 0.717) is 0 Å². The van der Waals surface area contributed by atoms with Crippen molar-refractivity contribution in [2.45, 2.75) is 0 Å². The number of nitrogens with zero attached hydrogens (tertiary/aromatic N) is 3. The van der Waals surface area contributed by atoms with Crippen LogP contribution in [0, 0.1) is 40.8 Å². The van der Waals surface area contributed by atoms with Crippen LogP contribution in [0.1, 0.15) is 11.4 Å². The molecule has 0 amide bonds. The molecule has 0 aromatic carbocycles. The Morgan fingerprint density at radius 2 is 1.33 bits per heavy atom. The second kappa shape index (κ2) is 17.3. The van der Waals surface area contributed by atoms with Crippen LogP contribution < -0.4 is 48.1 Å².